The highest BCUT2D eigenvalue weighted by molar-refractivity contribution is 6.04. The largest absolute Gasteiger partial charge is 0.382 e. The summed E-state index contributed by atoms with van der Waals surface area (Å²) < 4.78 is 0. The van der Waals surface area contributed by atoms with Crippen molar-refractivity contribution < 1.29 is 19.5 Å². The second-order valence-electron chi connectivity index (χ2n) is 6.62. The normalized spacial score (nSPS) is 15.5. The number of aliphatic hydroxyl groups is 1. The molecule has 0 spiro atoms. The molecule has 0 amide bonds. The van der Waals surface area contributed by atoms with Gasteiger partial charge in [0.2, 0.25) is 0 Å². The lowest BCUT2D eigenvalue weighted by atomic mass is 9.91. The first kappa shape index (κ1) is 19.7. The van der Waals surface area contributed by atoms with E-state index in [1.807, 2.05) is 19.1 Å². The molecule has 0 saturated carbocycles. The molecule has 0 aromatic heterocycles. The summed E-state index contributed by atoms with van der Waals surface area (Å²) in [5.74, 6) is -0.132. The van der Waals surface area contributed by atoms with Crippen LogP contribution in [0.2, 0.25) is 0 Å². The molecule has 1 aliphatic rings. The number of allylic oxidation sites excluding steroid dienone is 4. The number of hydrogen-bond acceptors (Lipinski definition) is 4. The summed E-state index contributed by atoms with van der Waals surface area (Å²) in [7, 11) is 0. The van der Waals surface area contributed by atoms with E-state index >= 15 is 0 Å². The lowest BCUT2D eigenvalue weighted by molar-refractivity contribution is -0.119. The molecule has 0 bridgehead atoms. The summed E-state index contributed by atoms with van der Waals surface area (Å²) >= 11 is 0. The van der Waals surface area contributed by atoms with Crippen molar-refractivity contribution in [2.45, 2.75) is 44.6 Å². The van der Waals surface area contributed by atoms with Crippen molar-refractivity contribution in [3.63, 3.8) is 0 Å². The predicted molar refractivity (Wildman–Crippen MR) is 101 cm³/mol. The fourth-order valence-corrected chi connectivity index (χ4v) is 2.62. The minimum atomic E-state index is -1.20. The molecule has 1 aromatic carbocycles. The topological polar surface area (TPSA) is 71.4 Å². The van der Waals surface area contributed by atoms with E-state index < -0.39 is 5.60 Å². The van der Waals surface area contributed by atoms with Gasteiger partial charge in [0.1, 0.15) is 11.4 Å². The molecule has 0 atom stereocenters. The summed E-state index contributed by atoms with van der Waals surface area (Å²) in [5.41, 5.74) is 0.562. The van der Waals surface area contributed by atoms with Crippen molar-refractivity contribution in [3.8, 4) is 0 Å². The van der Waals surface area contributed by atoms with Gasteiger partial charge < -0.3 is 5.11 Å². The van der Waals surface area contributed by atoms with Crippen molar-refractivity contribution in [2.75, 3.05) is 0 Å². The first-order valence-corrected chi connectivity index (χ1v) is 8.82. The zero-order valence-corrected chi connectivity index (χ0v) is 15.0. The van der Waals surface area contributed by atoms with Crippen LogP contribution in [0.1, 0.15) is 48.0 Å². The van der Waals surface area contributed by atoms with Gasteiger partial charge in [0, 0.05) is 18.4 Å². The van der Waals surface area contributed by atoms with Gasteiger partial charge in [0.15, 0.2) is 11.6 Å². The molecular weight excluding hydrogens is 328 g/mol. The SMILES string of the molecule is Cc1ccc(C(=O)/C=C/CCCC(=O)CCC2(O)C=CC(=O)C=C2)cc1. The highest BCUT2D eigenvalue weighted by atomic mass is 16.3. The molecule has 1 N–H and O–H groups in total. The van der Waals surface area contributed by atoms with Crippen molar-refractivity contribution in [1.29, 1.82) is 0 Å². The molecule has 0 heterocycles. The van der Waals surface area contributed by atoms with Gasteiger partial charge in [-0.2, -0.15) is 0 Å². The Hall–Kier alpha value is -2.59. The van der Waals surface area contributed by atoms with E-state index in [1.165, 1.54) is 24.3 Å². The number of ketones is 3. The third-order valence-electron chi connectivity index (χ3n) is 4.31. The van der Waals surface area contributed by atoms with E-state index in [4.69, 9.17) is 0 Å². The Morgan fingerprint density at radius 2 is 1.73 bits per heavy atom. The van der Waals surface area contributed by atoms with Gasteiger partial charge in [-0.25, -0.2) is 0 Å². The molecule has 4 heteroatoms. The van der Waals surface area contributed by atoms with Crippen molar-refractivity contribution >= 4 is 17.3 Å². The summed E-state index contributed by atoms with van der Waals surface area (Å²) in [5, 5.41) is 10.2. The van der Waals surface area contributed by atoms with Crippen LogP contribution >= 0.6 is 0 Å². The predicted octanol–water partition coefficient (Wildman–Crippen LogP) is 3.68. The highest BCUT2D eigenvalue weighted by Crippen LogP contribution is 2.20. The third-order valence-corrected chi connectivity index (χ3v) is 4.31. The maximum atomic E-state index is 12.0. The van der Waals surface area contributed by atoms with E-state index in [9.17, 15) is 19.5 Å². The fraction of sp³-hybridized carbons (Fsp3) is 0.318. The lowest BCUT2D eigenvalue weighted by Gasteiger charge is -2.21. The minimum Gasteiger partial charge on any atom is -0.382 e. The summed E-state index contributed by atoms with van der Waals surface area (Å²) in [6.45, 7) is 1.97. The highest BCUT2D eigenvalue weighted by Gasteiger charge is 2.23. The third kappa shape index (κ3) is 6.37. The zero-order chi connectivity index (χ0) is 19.0. The maximum absolute atomic E-state index is 12.0. The second-order valence-corrected chi connectivity index (χ2v) is 6.62. The molecule has 1 aromatic rings. The van der Waals surface area contributed by atoms with Crippen LogP contribution < -0.4 is 0 Å². The van der Waals surface area contributed by atoms with Gasteiger partial charge in [0.05, 0.1) is 0 Å². The number of carbonyl (C=O) groups is 3. The van der Waals surface area contributed by atoms with Crippen LogP contribution in [0.25, 0.3) is 0 Å². The average molecular weight is 352 g/mol. The van der Waals surface area contributed by atoms with Gasteiger partial charge in [-0.05, 0) is 56.6 Å². The first-order chi connectivity index (χ1) is 12.4. The molecule has 0 unspecified atom stereocenters. The van der Waals surface area contributed by atoms with E-state index in [2.05, 4.69) is 0 Å². The van der Waals surface area contributed by atoms with E-state index in [-0.39, 0.29) is 30.2 Å². The smallest absolute Gasteiger partial charge is 0.185 e. The lowest BCUT2D eigenvalue weighted by Crippen LogP contribution is -2.26. The van der Waals surface area contributed by atoms with Gasteiger partial charge in [-0.15, -0.1) is 0 Å². The molecule has 1 aliphatic carbocycles. The van der Waals surface area contributed by atoms with Crippen LogP contribution in [-0.2, 0) is 9.59 Å². The van der Waals surface area contributed by atoms with Crippen LogP contribution in [-0.4, -0.2) is 28.1 Å². The molecule has 0 aliphatic heterocycles. The van der Waals surface area contributed by atoms with Crippen LogP contribution in [0.15, 0.2) is 60.7 Å². The molecule has 26 heavy (non-hydrogen) atoms. The van der Waals surface area contributed by atoms with Crippen molar-refractivity contribution in [3.05, 3.63) is 71.8 Å². The number of Topliss-reactive ketones (excluding diaryl/α,β-unsaturated/α-hetero) is 1. The molecule has 4 nitrogen and oxygen atoms in total. The number of unbranched alkanes of at least 4 members (excludes halogenated alkanes) is 1. The summed E-state index contributed by atoms with van der Waals surface area (Å²) in [4.78, 5) is 35.0. The van der Waals surface area contributed by atoms with Gasteiger partial charge in [-0.1, -0.05) is 35.9 Å². The molecular formula is C22H24O4. The van der Waals surface area contributed by atoms with E-state index in [1.54, 1.807) is 24.3 Å². The van der Waals surface area contributed by atoms with Crippen molar-refractivity contribution in [2.24, 2.45) is 0 Å². The standard InChI is InChI=1S/C22H24O4/c1-17-7-9-18(10-8-17)21(25)6-4-2-3-5-19(23)11-14-22(26)15-12-20(24)13-16-22/h4,6-10,12-13,15-16,26H,2-3,5,11,14H2,1H3/b6-4+. The van der Waals surface area contributed by atoms with Crippen LogP contribution in [0.5, 0.6) is 0 Å². The molecule has 0 radical (unpaired) electrons. The minimum absolute atomic E-state index is 0.0380. The Morgan fingerprint density at radius 3 is 2.38 bits per heavy atom. The monoisotopic (exact) mass is 352 g/mol. The Morgan fingerprint density at radius 1 is 1.08 bits per heavy atom. The average Bonchev–Trinajstić information content (AvgIpc) is 2.63. The van der Waals surface area contributed by atoms with Gasteiger partial charge in [0.25, 0.3) is 0 Å². The van der Waals surface area contributed by atoms with Gasteiger partial charge in [-0.3, -0.25) is 14.4 Å². The van der Waals surface area contributed by atoms with E-state index in [0.29, 0.717) is 24.8 Å². The number of hydrogen-bond donors (Lipinski definition) is 1. The second kappa shape index (κ2) is 9.20. The molecule has 0 saturated heterocycles. The number of aryl methyl sites for hydroxylation is 1. The Labute approximate surface area is 153 Å². The Balaban J connectivity index is 1.66. The number of rotatable bonds is 9. The first-order valence-electron chi connectivity index (χ1n) is 8.82. The zero-order valence-electron chi connectivity index (χ0n) is 15.0. The van der Waals surface area contributed by atoms with Crippen LogP contribution in [0.4, 0.5) is 0 Å². The summed E-state index contributed by atoms with van der Waals surface area (Å²) in [6, 6.07) is 7.41. The fourth-order valence-electron chi connectivity index (χ4n) is 2.62. The molecule has 136 valence electrons. The van der Waals surface area contributed by atoms with Crippen LogP contribution in [0, 0.1) is 6.92 Å². The maximum Gasteiger partial charge on any atom is 0.185 e. The van der Waals surface area contributed by atoms with E-state index in [0.717, 1.165) is 5.56 Å². The van der Waals surface area contributed by atoms with Gasteiger partial charge >= 0.3 is 0 Å². The number of carbonyl (C=O) groups excluding carboxylic acids is 3. The molecule has 2 rings (SSSR count). The quantitative estimate of drug-likeness (QED) is 0.418. The Kier molecular flexibility index (Phi) is 6.98. The number of benzene rings is 1. The van der Waals surface area contributed by atoms with Crippen molar-refractivity contribution in [1.82, 2.24) is 0 Å². The molecule has 0 fully saturated rings. The summed E-state index contributed by atoms with van der Waals surface area (Å²) in [6.07, 6.45) is 11.1. The Bertz CT molecular complexity index is 735. The van der Waals surface area contributed by atoms with Crippen LogP contribution in [0.3, 0.4) is 0 Å².